The number of halogens is 1. The van der Waals surface area contributed by atoms with Gasteiger partial charge in [-0.15, -0.1) is 0 Å². The highest BCUT2D eigenvalue weighted by atomic mass is 19.1. The molecule has 3 rings (SSSR count). The summed E-state index contributed by atoms with van der Waals surface area (Å²) in [4.78, 5) is 22.3. The molecule has 3 aromatic rings. The number of nitrogens with zero attached hydrogens (tertiary/aromatic N) is 4. The SMILES string of the molecule is CN(CCCc1nccn1C)C(=O)c1ccc(-c2ccncc2F)cc1. The highest BCUT2D eigenvalue weighted by Crippen LogP contribution is 2.22. The third-order valence-corrected chi connectivity index (χ3v) is 4.38. The number of hydrogen-bond acceptors (Lipinski definition) is 3. The Labute approximate surface area is 152 Å². The molecular weight excluding hydrogens is 331 g/mol. The summed E-state index contributed by atoms with van der Waals surface area (Å²) in [6.45, 7) is 0.645. The molecule has 5 nitrogen and oxygen atoms in total. The molecule has 0 fully saturated rings. The highest BCUT2D eigenvalue weighted by molar-refractivity contribution is 5.94. The zero-order chi connectivity index (χ0) is 18.5. The van der Waals surface area contributed by atoms with E-state index >= 15 is 0 Å². The molecule has 0 saturated carbocycles. The Morgan fingerprint density at radius 1 is 1.19 bits per heavy atom. The maximum Gasteiger partial charge on any atom is 0.253 e. The minimum Gasteiger partial charge on any atom is -0.342 e. The van der Waals surface area contributed by atoms with Crippen molar-refractivity contribution < 1.29 is 9.18 Å². The van der Waals surface area contributed by atoms with Crippen LogP contribution in [0.3, 0.4) is 0 Å². The lowest BCUT2D eigenvalue weighted by atomic mass is 10.0. The van der Waals surface area contributed by atoms with Crippen molar-refractivity contribution in [1.29, 1.82) is 0 Å². The lowest BCUT2D eigenvalue weighted by Crippen LogP contribution is -2.28. The van der Waals surface area contributed by atoms with Crippen LogP contribution in [0.5, 0.6) is 0 Å². The first kappa shape index (κ1) is 17.8. The van der Waals surface area contributed by atoms with E-state index in [0.29, 0.717) is 17.7 Å². The van der Waals surface area contributed by atoms with Gasteiger partial charge in [-0.1, -0.05) is 12.1 Å². The maximum absolute atomic E-state index is 13.8. The molecule has 1 aromatic carbocycles. The number of carbonyl (C=O) groups excluding carboxylic acids is 1. The van der Waals surface area contributed by atoms with Gasteiger partial charge >= 0.3 is 0 Å². The predicted octanol–water partition coefficient (Wildman–Crippen LogP) is 3.33. The second-order valence-corrected chi connectivity index (χ2v) is 6.22. The van der Waals surface area contributed by atoms with Crippen LogP contribution in [0.15, 0.2) is 55.1 Å². The summed E-state index contributed by atoms with van der Waals surface area (Å²) in [5.74, 6) is 0.583. The molecule has 0 aliphatic rings. The van der Waals surface area contributed by atoms with Gasteiger partial charge in [0, 0.05) is 56.8 Å². The van der Waals surface area contributed by atoms with Gasteiger partial charge in [-0.2, -0.15) is 0 Å². The molecule has 1 amide bonds. The molecule has 0 atom stereocenters. The molecule has 0 radical (unpaired) electrons. The standard InChI is InChI=1S/C20H21FN4O/c1-24-13-11-23-19(24)4-3-12-25(2)20(26)16-7-5-15(6-8-16)17-9-10-22-14-18(17)21/h5-11,13-14H,3-4,12H2,1-2H3. The lowest BCUT2D eigenvalue weighted by molar-refractivity contribution is 0.0793. The van der Waals surface area contributed by atoms with E-state index in [1.54, 1.807) is 54.7 Å². The fourth-order valence-electron chi connectivity index (χ4n) is 2.84. The van der Waals surface area contributed by atoms with Gasteiger partial charge in [0.2, 0.25) is 0 Å². The Balaban J connectivity index is 1.60. The van der Waals surface area contributed by atoms with Crippen LogP contribution >= 0.6 is 0 Å². The summed E-state index contributed by atoms with van der Waals surface area (Å²) in [6, 6.07) is 8.59. The molecule has 0 saturated heterocycles. The van der Waals surface area contributed by atoms with Crippen molar-refractivity contribution in [1.82, 2.24) is 19.4 Å². The first-order valence-corrected chi connectivity index (χ1v) is 8.48. The van der Waals surface area contributed by atoms with Crippen molar-refractivity contribution in [3.63, 3.8) is 0 Å². The molecule has 0 unspecified atom stereocenters. The maximum atomic E-state index is 13.8. The zero-order valence-electron chi connectivity index (χ0n) is 14.9. The molecule has 0 bridgehead atoms. The Hall–Kier alpha value is -3.02. The Kier molecular flexibility index (Phi) is 5.41. The molecule has 2 heterocycles. The molecule has 0 spiro atoms. The number of pyridine rings is 1. The number of hydrogen-bond donors (Lipinski definition) is 0. The molecule has 2 aromatic heterocycles. The van der Waals surface area contributed by atoms with Crippen LogP contribution in [0.2, 0.25) is 0 Å². The average Bonchev–Trinajstić information content (AvgIpc) is 3.06. The number of aryl methyl sites for hydroxylation is 2. The summed E-state index contributed by atoms with van der Waals surface area (Å²) in [5, 5.41) is 0. The van der Waals surface area contributed by atoms with Gasteiger partial charge in [-0.05, 0) is 30.2 Å². The molecular formula is C20H21FN4O. The largest absolute Gasteiger partial charge is 0.342 e. The number of rotatable bonds is 6. The summed E-state index contributed by atoms with van der Waals surface area (Å²) in [5.41, 5.74) is 1.78. The van der Waals surface area contributed by atoms with Gasteiger partial charge in [0.15, 0.2) is 0 Å². The van der Waals surface area contributed by atoms with Crippen LogP contribution in [-0.4, -0.2) is 38.9 Å². The summed E-state index contributed by atoms with van der Waals surface area (Å²) < 4.78 is 15.8. The first-order valence-electron chi connectivity index (χ1n) is 8.48. The van der Waals surface area contributed by atoms with Crippen molar-refractivity contribution in [2.24, 2.45) is 7.05 Å². The van der Waals surface area contributed by atoms with E-state index in [4.69, 9.17) is 0 Å². The number of aromatic nitrogens is 3. The topological polar surface area (TPSA) is 51.0 Å². The minimum absolute atomic E-state index is 0.0495. The van der Waals surface area contributed by atoms with Crippen molar-refractivity contribution in [2.45, 2.75) is 12.8 Å². The smallest absolute Gasteiger partial charge is 0.253 e. The number of carbonyl (C=O) groups is 1. The number of imidazole rings is 1. The zero-order valence-corrected chi connectivity index (χ0v) is 14.9. The van der Waals surface area contributed by atoms with Crippen LogP contribution in [0, 0.1) is 5.82 Å². The van der Waals surface area contributed by atoms with E-state index in [1.165, 1.54) is 6.20 Å². The average molecular weight is 352 g/mol. The van der Waals surface area contributed by atoms with Crippen LogP contribution in [0.1, 0.15) is 22.6 Å². The quantitative estimate of drug-likeness (QED) is 0.684. The van der Waals surface area contributed by atoms with Crippen LogP contribution in [-0.2, 0) is 13.5 Å². The normalized spacial score (nSPS) is 10.7. The van der Waals surface area contributed by atoms with E-state index in [-0.39, 0.29) is 11.7 Å². The van der Waals surface area contributed by atoms with Gasteiger partial charge < -0.3 is 9.47 Å². The van der Waals surface area contributed by atoms with E-state index in [2.05, 4.69) is 9.97 Å². The van der Waals surface area contributed by atoms with E-state index in [9.17, 15) is 9.18 Å². The van der Waals surface area contributed by atoms with Crippen molar-refractivity contribution in [2.75, 3.05) is 13.6 Å². The molecule has 0 aliphatic carbocycles. The number of amides is 1. The summed E-state index contributed by atoms with van der Waals surface area (Å²) in [7, 11) is 3.75. The third kappa shape index (κ3) is 3.96. The molecule has 0 aliphatic heterocycles. The fraction of sp³-hybridized carbons (Fsp3) is 0.250. The fourth-order valence-corrected chi connectivity index (χ4v) is 2.84. The van der Waals surface area contributed by atoms with Gasteiger partial charge in [0.1, 0.15) is 11.6 Å². The van der Waals surface area contributed by atoms with Crippen LogP contribution in [0.4, 0.5) is 4.39 Å². The minimum atomic E-state index is -0.377. The Bertz CT molecular complexity index is 889. The Morgan fingerprint density at radius 2 is 1.96 bits per heavy atom. The molecule has 0 N–H and O–H groups in total. The molecule has 134 valence electrons. The van der Waals surface area contributed by atoms with Crippen LogP contribution < -0.4 is 0 Å². The van der Waals surface area contributed by atoms with E-state index in [0.717, 1.165) is 24.2 Å². The first-order chi connectivity index (χ1) is 12.6. The van der Waals surface area contributed by atoms with Gasteiger partial charge in [-0.25, -0.2) is 9.37 Å². The predicted molar refractivity (Wildman–Crippen MR) is 98.1 cm³/mol. The van der Waals surface area contributed by atoms with Crippen LogP contribution in [0.25, 0.3) is 11.1 Å². The van der Waals surface area contributed by atoms with Crippen molar-refractivity contribution in [3.8, 4) is 11.1 Å². The van der Waals surface area contributed by atoms with E-state index < -0.39 is 0 Å². The summed E-state index contributed by atoms with van der Waals surface area (Å²) >= 11 is 0. The lowest BCUT2D eigenvalue weighted by Gasteiger charge is -2.17. The second kappa shape index (κ2) is 7.91. The monoisotopic (exact) mass is 352 g/mol. The van der Waals surface area contributed by atoms with Gasteiger partial charge in [0.25, 0.3) is 5.91 Å². The second-order valence-electron chi connectivity index (χ2n) is 6.22. The van der Waals surface area contributed by atoms with Crippen molar-refractivity contribution in [3.05, 3.63) is 72.3 Å². The van der Waals surface area contributed by atoms with E-state index in [1.807, 2.05) is 17.8 Å². The molecule has 26 heavy (non-hydrogen) atoms. The Morgan fingerprint density at radius 3 is 2.62 bits per heavy atom. The van der Waals surface area contributed by atoms with Gasteiger partial charge in [0.05, 0.1) is 6.20 Å². The molecule has 6 heteroatoms. The summed E-state index contributed by atoms with van der Waals surface area (Å²) in [6.07, 6.45) is 8.08. The van der Waals surface area contributed by atoms with Crippen molar-refractivity contribution >= 4 is 5.91 Å². The third-order valence-electron chi connectivity index (χ3n) is 4.38. The van der Waals surface area contributed by atoms with Gasteiger partial charge in [-0.3, -0.25) is 9.78 Å². The highest BCUT2D eigenvalue weighted by Gasteiger charge is 2.13. The number of benzene rings is 1.